The van der Waals surface area contributed by atoms with Crippen molar-refractivity contribution in [1.82, 2.24) is 0 Å². The minimum absolute atomic E-state index is 0.205. The number of ketones is 1. The van der Waals surface area contributed by atoms with E-state index in [2.05, 4.69) is 20.8 Å². The monoisotopic (exact) mass is 401 g/mol. The third-order valence-electron chi connectivity index (χ3n) is 4.98. The molecule has 0 aliphatic carbocycles. The van der Waals surface area contributed by atoms with Crippen LogP contribution in [0.4, 0.5) is 5.69 Å². The first-order valence-electron chi connectivity index (χ1n) is 8.88. The van der Waals surface area contributed by atoms with Gasteiger partial charge in [0, 0.05) is 35.2 Å². The Kier molecular flexibility index (Phi) is 5.60. The van der Waals surface area contributed by atoms with Gasteiger partial charge in [-0.15, -0.1) is 0 Å². The molecule has 0 atom stereocenters. The minimum atomic E-state index is -0.767. The zero-order valence-electron chi connectivity index (χ0n) is 14.5. The number of hydrogen-bond donors (Lipinski definition) is 1. The number of carbonyl (C=O) groups excluding carboxylic acids is 1. The summed E-state index contributed by atoms with van der Waals surface area (Å²) in [6, 6.07) is 15.8. The number of anilines is 1. The van der Waals surface area contributed by atoms with Crippen LogP contribution in [0.3, 0.4) is 0 Å². The summed E-state index contributed by atoms with van der Waals surface area (Å²) < 4.78 is 0.994. The van der Waals surface area contributed by atoms with Gasteiger partial charge in [0.2, 0.25) is 0 Å². The first-order valence-corrected chi connectivity index (χ1v) is 9.68. The zero-order valence-corrected chi connectivity index (χ0v) is 16.1. The SMILES string of the molecule is CCCC(=O)c1ccc(N2CCC(O)(c3cccc(Br)c3)CC2)cc1. The second-order valence-electron chi connectivity index (χ2n) is 6.75. The van der Waals surface area contributed by atoms with E-state index in [1.165, 1.54) is 0 Å². The van der Waals surface area contributed by atoms with E-state index >= 15 is 0 Å². The number of rotatable bonds is 5. The third-order valence-corrected chi connectivity index (χ3v) is 5.48. The summed E-state index contributed by atoms with van der Waals surface area (Å²) in [6.07, 6.45) is 2.86. The van der Waals surface area contributed by atoms with Gasteiger partial charge in [0.1, 0.15) is 0 Å². The van der Waals surface area contributed by atoms with Gasteiger partial charge in [-0.1, -0.05) is 35.0 Å². The molecule has 3 nitrogen and oxygen atoms in total. The standard InChI is InChI=1S/C21H24BrNO2/c1-2-4-20(24)16-7-9-19(10-8-16)23-13-11-21(25,12-14-23)17-5-3-6-18(22)15-17/h3,5-10,15,25H,2,4,11-14H2,1H3. The molecule has 1 saturated heterocycles. The average Bonchev–Trinajstić information content (AvgIpc) is 2.63. The van der Waals surface area contributed by atoms with E-state index in [0.29, 0.717) is 19.3 Å². The number of Topliss-reactive ketones (excluding diaryl/α,β-unsaturated/α-hetero) is 1. The first kappa shape index (κ1) is 18.2. The van der Waals surface area contributed by atoms with Gasteiger partial charge in [0.25, 0.3) is 0 Å². The topological polar surface area (TPSA) is 40.5 Å². The van der Waals surface area contributed by atoms with Crippen LogP contribution in [0.25, 0.3) is 0 Å². The summed E-state index contributed by atoms with van der Waals surface area (Å²) >= 11 is 3.48. The predicted molar refractivity (Wildman–Crippen MR) is 105 cm³/mol. The summed E-state index contributed by atoms with van der Waals surface area (Å²) in [5.74, 6) is 0.205. The molecule has 0 amide bonds. The number of carbonyl (C=O) groups is 1. The molecule has 1 heterocycles. The maximum atomic E-state index is 12.0. The van der Waals surface area contributed by atoms with Gasteiger partial charge in [-0.3, -0.25) is 4.79 Å². The highest BCUT2D eigenvalue weighted by molar-refractivity contribution is 9.10. The normalized spacial score (nSPS) is 16.7. The summed E-state index contributed by atoms with van der Waals surface area (Å²) in [5.41, 5.74) is 2.11. The lowest BCUT2D eigenvalue weighted by Gasteiger charge is -2.39. The molecule has 1 N–H and O–H groups in total. The summed E-state index contributed by atoms with van der Waals surface area (Å²) in [7, 11) is 0. The molecule has 0 saturated carbocycles. The molecule has 132 valence electrons. The first-order chi connectivity index (χ1) is 12.0. The fourth-order valence-corrected chi connectivity index (χ4v) is 3.83. The number of halogens is 1. The molecule has 0 bridgehead atoms. The number of aliphatic hydroxyl groups is 1. The second-order valence-corrected chi connectivity index (χ2v) is 7.66. The van der Waals surface area contributed by atoms with Crippen molar-refractivity contribution in [3.05, 3.63) is 64.1 Å². The van der Waals surface area contributed by atoms with E-state index in [1.54, 1.807) is 0 Å². The summed E-state index contributed by atoms with van der Waals surface area (Å²) in [4.78, 5) is 14.2. The van der Waals surface area contributed by atoms with Crippen molar-refractivity contribution in [2.24, 2.45) is 0 Å². The van der Waals surface area contributed by atoms with Crippen molar-refractivity contribution in [1.29, 1.82) is 0 Å². The fraction of sp³-hybridized carbons (Fsp3) is 0.381. The van der Waals surface area contributed by atoms with Crippen molar-refractivity contribution in [2.75, 3.05) is 18.0 Å². The van der Waals surface area contributed by atoms with Gasteiger partial charge in [-0.2, -0.15) is 0 Å². The van der Waals surface area contributed by atoms with Gasteiger partial charge < -0.3 is 10.0 Å². The van der Waals surface area contributed by atoms with E-state index in [1.807, 2.05) is 55.5 Å². The highest BCUT2D eigenvalue weighted by Crippen LogP contribution is 2.35. The molecule has 1 fully saturated rings. The Morgan fingerprint density at radius 3 is 2.44 bits per heavy atom. The van der Waals surface area contributed by atoms with Crippen LogP contribution >= 0.6 is 15.9 Å². The Bertz CT molecular complexity index is 734. The Hall–Kier alpha value is -1.65. The fourth-order valence-electron chi connectivity index (χ4n) is 3.43. The average molecular weight is 402 g/mol. The highest BCUT2D eigenvalue weighted by Gasteiger charge is 2.34. The minimum Gasteiger partial charge on any atom is -0.385 e. The Morgan fingerprint density at radius 2 is 1.84 bits per heavy atom. The van der Waals surface area contributed by atoms with Crippen LogP contribution in [-0.4, -0.2) is 24.0 Å². The van der Waals surface area contributed by atoms with Crippen molar-refractivity contribution in [2.45, 2.75) is 38.2 Å². The molecule has 4 heteroatoms. The Balaban J connectivity index is 1.67. The summed E-state index contributed by atoms with van der Waals surface area (Å²) in [5, 5.41) is 11.0. The van der Waals surface area contributed by atoms with Crippen LogP contribution in [0.15, 0.2) is 53.0 Å². The molecule has 0 aromatic heterocycles. The highest BCUT2D eigenvalue weighted by atomic mass is 79.9. The molecule has 25 heavy (non-hydrogen) atoms. The predicted octanol–water partition coefficient (Wildman–Crippen LogP) is 4.92. The van der Waals surface area contributed by atoms with E-state index in [-0.39, 0.29) is 5.78 Å². The number of nitrogens with zero attached hydrogens (tertiary/aromatic N) is 1. The molecule has 0 unspecified atom stereocenters. The van der Waals surface area contributed by atoms with Crippen LogP contribution < -0.4 is 4.90 Å². The molecule has 2 aromatic rings. The van der Waals surface area contributed by atoms with Gasteiger partial charge in [0.15, 0.2) is 5.78 Å². The molecule has 0 radical (unpaired) electrons. The van der Waals surface area contributed by atoms with Crippen LogP contribution in [0.2, 0.25) is 0 Å². The second kappa shape index (κ2) is 7.71. The molecule has 3 rings (SSSR count). The van der Waals surface area contributed by atoms with Crippen molar-refractivity contribution < 1.29 is 9.90 Å². The van der Waals surface area contributed by atoms with Crippen molar-refractivity contribution in [3.63, 3.8) is 0 Å². The van der Waals surface area contributed by atoms with Gasteiger partial charge in [0.05, 0.1) is 5.60 Å². The summed E-state index contributed by atoms with van der Waals surface area (Å²) in [6.45, 7) is 3.61. The number of piperidine rings is 1. The van der Waals surface area contributed by atoms with Crippen molar-refractivity contribution in [3.8, 4) is 0 Å². The molecule has 0 spiro atoms. The zero-order chi connectivity index (χ0) is 17.9. The van der Waals surface area contributed by atoms with E-state index in [4.69, 9.17) is 0 Å². The molecule has 1 aliphatic rings. The molecule has 1 aliphatic heterocycles. The van der Waals surface area contributed by atoms with Crippen LogP contribution in [0, 0.1) is 0 Å². The van der Waals surface area contributed by atoms with Gasteiger partial charge >= 0.3 is 0 Å². The van der Waals surface area contributed by atoms with Crippen LogP contribution in [-0.2, 0) is 5.60 Å². The third kappa shape index (κ3) is 4.13. The van der Waals surface area contributed by atoms with Crippen LogP contribution in [0.5, 0.6) is 0 Å². The van der Waals surface area contributed by atoms with E-state index in [9.17, 15) is 9.90 Å². The maximum absolute atomic E-state index is 12.0. The number of benzene rings is 2. The molecular weight excluding hydrogens is 378 g/mol. The Morgan fingerprint density at radius 1 is 1.16 bits per heavy atom. The molecular formula is C21H24BrNO2. The van der Waals surface area contributed by atoms with E-state index in [0.717, 1.165) is 40.8 Å². The lowest BCUT2D eigenvalue weighted by molar-refractivity contribution is 0.0117. The largest absolute Gasteiger partial charge is 0.385 e. The lowest BCUT2D eigenvalue weighted by Crippen LogP contribution is -2.42. The number of hydrogen-bond acceptors (Lipinski definition) is 3. The van der Waals surface area contributed by atoms with Gasteiger partial charge in [-0.05, 0) is 61.2 Å². The smallest absolute Gasteiger partial charge is 0.162 e. The quantitative estimate of drug-likeness (QED) is 0.722. The van der Waals surface area contributed by atoms with E-state index < -0.39 is 5.60 Å². The van der Waals surface area contributed by atoms with Crippen molar-refractivity contribution >= 4 is 27.4 Å². The van der Waals surface area contributed by atoms with Crippen LogP contribution in [0.1, 0.15) is 48.5 Å². The Labute approximate surface area is 157 Å². The molecule has 2 aromatic carbocycles. The maximum Gasteiger partial charge on any atom is 0.162 e. The lowest BCUT2D eigenvalue weighted by atomic mass is 9.84. The van der Waals surface area contributed by atoms with Gasteiger partial charge in [-0.25, -0.2) is 0 Å².